The van der Waals surface area contributed by atoms with Gasteiger partial charge in [-0.3, -0.25) is 4.79 Å². The molecule has 0 aromatic rings. The number of nitrogens with one attached hydrogen (secondary N) is 1. The van der Waals surface area contributed by atoms with E-state index in [0.717, 1.165) is 0 Å². The molecule has 0 aliphatic carbocycles. The fraction of sp³-hybridized carbons (Fsp3) is 0.818. The highest BCUT2D eigenvalue weighted by atomic mass is 16.5. The van der Waals surface area contributed by atoms with Gasteiger partial charge in [-0.15, -0.1) is 0 Å². The van der Waals surface area contributed by atoms with E-state index in [9.17, 15) is 4.79 Å². The summed E-state index contributed by atoms with van der Waals surface area (Å²) in [6.45, 7) is 8.55. The summed E-state index contributed by atoms with van der Waals surface area (Å²) in [4.78, 5) is 11.8. The van der Waals surface area contributed by atoms with Gasteiger partial charge in [0.25, 0.3) is 0 Å². The molecular weight excluding hydrogens is 222 g/mol. The number of nitrogens with two attached hydrogens (primary N) is 1. The first-order valence-corrected chi connectivity index (χ1v) is 5.79. The first kappa shape index (κ1) is 15.7. The minimum absolute atomic E-state index is 0.0728. The highest BCUT2D eigenvalue weighted by Gasteiger charge is 2.22. The largest absolute Gasteiger partial charge is 0.409 e. The molecule has 0 fully saturated rings. The Labute approximate surface area is 102 Å². The second kappa shape index (κ2) is 7.89. The van der Waals surface area contributed by atoms with Crippen molar-refractivity contribution in [2.75, 3.05) is 13.2 Å². The average molecular weight is 245 g/mol. The summed E-state index contributed by atoms with van der Waals surface area (Å²) in [5.74, 6) is -0.756. The molecule has 0 aromatic carbocycles. The zero-order chi connectivity index (χ0) is 13.4. The van der Waals surface area contributed by atoms with Crippen LogP contribution in [0.5, 0.6) is 0 Å². The Balaban J connectivity index is 4.39. The van der Waals surface area contributed by atoms with E-state index >= 15 is 0 Å². The van der Waals surface area contributed by atoms with Crippen LogP contribution in [0.15, 0.2) is 5.16 Å². The molecule has 1 amide bonds. The maximum atomic E-state index is 11.8. The molecule has 0 saturated carbocycles. The van der Waals surface area contributed by atoms with E-state index < -0.39 is 5.92 Å². The van der Waals surface area contributed by atoms with Crippen molar-refractivity contribution in [1.29, 1.82) is 0 Å². The van der Waals surface area contributed by atoms with Crippen LogP contribution >= 0.6 is 0 Å². The van der Waals surface area contributed by atoms with Crippen molar-refractivity contribution in [1.82, 2.24) is 5.32 Å². The van der Waals surface area contributed by atoms with Crippen LogP contribution < -0.4 is 11.1 Å². The topological polar surface area (TPSA) is 96.9 Å². The van der Waals surface area contributed by atoms with E-state index in [4.69, 9.17) is 15.7 Å². The molecule has 100 valence electrons. The predicted octanol–water partition coefficient (Wildman–Crippen LogP) is 0.546. The standard InChI is InChI=1S/C11H23N3O3/c1-5-17-6-9(7(2)3)13-11(15)8(4)10(12)14-16/h7-9,16H,5-6H2,1-4H3,(H2,12,14)(H,13,15). The molecule has 0 saturated heterocycles. The van der Waals surface area contributed by atoms with E-state index in [0.29, 0.717) is 13.2 Å². The summed E-state index contributed by atoms with van der Waals surface area (Å²) in [5.41, 5.74) is 5.38. The minimum Gasteiger partial charge on any atom is -0.409 e. The number of carbonyl (C=O) groups excluding carboxylic acids is 1. The maximum Gasteiger partial charge on any atom is 0.230 e. The van der Waals surface area contributed by atoms with Crippen LogP contribution in [0, 0.1) is 11.8 Å². The smallest absolute Gasteiger partial charge is 0.230 e. The van der Waals surface area contributed by atoms with Gasteiger partial charge < -0.3 is 21.0 Å². The molecular formula is C11H23N3O3. The zero-order valence-corrected chi connectivity index (χ0v) is 10.9. The second-order valence-corrected chi connectivity index (χ2v) is 4.27. The fourth-order valence-corrected chi connectivity index (χ4v) is 1.17. The molecule has 6 heteroatoms. The van der Waals surface area contributed by atoms with Crippen LogP contribution in [-0.2, 0) is 9.53 Å². The molecule has 0 aliphatic heterocycles. The van der Waals surface area contributed by atoms with Crippen LogP contribution in [0.25, 0.3) is 0 Å². The number of ether oxygens (including phenoxy) is 1. The van der Waals surface area contributed by atoms with Crippen molar-refractivity contribution >= 4 is 11.7 Å². The molecule has 0 rings (SSSR count). The quantitative estimate of drug-likeness (QED) is 0.264. The van der Waals surface area contributed by atoms with Gasteiger partial charge in [-0.05, 0) is 19.8 Å². The number of oxime groups is 1. The van der Waals surface area contributed by atoms with Gasteiger partial charge in [-0.2, -0.15) is 0 Å². The molecule has 17 heavy (non-hydrogen) atoms. The molecule has 2 atom stereocenters. The number of nitrogens with zero attached hydrogens (tertiary/aromatic N) is 1. The summed E-state index contributed by atoms with van der Waals surface area (Å²) in [7, 11) is 0. The SMILES string of the molecule is CCOCC(NC(=O)C(C)C(N)=NO)C(C)C. The minimum atomic E-state index is -0.650. The number of hydrogen-bond donors (Lipinski definition) is 3. The van der Waals surface area contributed by atoms with Crippen LogP contribution in [0.1, 0.15) is 27.7 Å². The van der Waals surface area contributed by atoms with Crippen LogP contribution in [-0.4, -0.2) is 36.2 Å². The number of amides is 1. The van der Waals surface area contributed by atoms with Gasteiger partial charge in [0, 0.05) is 6.61 Å². The summed E-state index contributed by atoms with van der Waals surface area (Å²) in [5, 5.41) is 14.2. The second-order valence-electron chi connectivity index (χ2n) is 4.27. The van der Waals surface area contributed by atoms with E-state index in [1.54, 1.807) is 6.92 Å². The van der Waals surface area contributed by atoms with Gasteiger partial charge >= 0.3 is 0 Å². The van der Waals surface area contributed by atoms with Crippen molar-refractivity contribution in [3.8, 4) is 0 Å². The predicted molar refractivity (Wildman–Crippen MR) is 65.8 cm³/mol. The molecule has 0 aliphatic rings. The van der Waals surface area contributed by atoms with Gasteiger partial charge in [-0.1, -0.05) is 19.0 Å². The van der Waals surface area contributed by atoms with Crippen LogP contribution in [0.2, 0.25) is 0 Å². The first-order chi connectivity index (χ1) is 7.93. The van der Waals surface area contributed by atoms with Crippen molar-refractivity contribution in [3.63, 3.8) is 0 Å². The lowest BCUT2D eigenvalue weighted by atomic mass is 10.0. The monoisotopic (exact) mass is 245 g/mol. The van der Waals surface area contributed by atoms with Gasteiger partial charge in [0.2, 0.25) is 5.91 Å². The van der Waals surface area contributed by atoms with E-state index in [2.05, 4.69) is 10.5 Å². The van der Waals surface area contributed by atoms with Crippen molar-refractivity contribution in [2.45, 2.75) is 33.7 Å². The number of hydrogen-bond acceptors (Lipinski definition) is 4. The van der Waals surface area contributed by atoms with Crippen LogP contribution in [0.4, 0.5) is 0 Å². The third kappa shape index (κ3) is 5.53. The third-order valence-electron chi connectivity index (χ3n) is 2.59. The Morgan fingerprint density at radius 1 is 1.47 bits per heavy atom. The molecule has 4 N–H and O–H groups in total. The molecule has 0 spiro atoms. The number of rotatable bonds is 7. The lowest BCUT2D eigenvalue weighted by molar-refractivity contribution is -0.124. The summed E-state index contributed by atoms with van der Waals surface area (Å²) in [6, 6.07) is -0.0728. The first-order valence-electron chi connectivity index (χ1n) is 5.79. The Hall–Kier alpha value is -1.30. The normalized spacial score (nSPS) is 15.7. The fourth-order valence-electron chi connectivity index (χ4n) is 1.17. The van der Waals surface area contributed by atoms with Gasteiger partial charge in [0.1, 0.15) is 0 Å². The average Bonchev–Trinajstić information content (AvgIpc) is 2.31. The summed E-state index contributed by atoms with van der Waals surface area (Å²) in [6.07, 6.45) is 0. The van der Waals surface area contributed by atoms with Gasteiger partial charge in [0.15, 0.2) is 5.84 Å². The summed E-state index contributed by atoms with van der Waals surface area (Å²) < 4.78 is 5.30. The molecule has 2 unspecified atom stereocenters. The zero-order valence-electron chi connectivity index (χ0n) is 10.9. The van der Waals surface area contributed by atoms with Crippen molar-refractivity contribution in [3.05, 3.63) is 0 Å². The molecule has 0 heterocycles. The third-order valence-corrected chi connectivity index (χ3v) is 2.59. The molecule has 0 aromatic heterocycles. The summed E-state index contributed by atoms with van der Waals surface area (Å²) >= 11 is 0. The molecule has 6 nitrogen and oxygen atoms in total. The van der Waals surface area contributed by atoms with Crippen LogP contribution in [0.3, 0.4) is 0 Å². The highest BCUT2D eigenvalue weighted by Crippen LogP contribution is 2.04. The van der Waals surface area contributed by atoms with E-state index in [1.807, 2.05) is 20.8 Å². The Morgan fingerprint density at radius 2 is 2.06 bits per heavy atom. The van der Waals surface area contributed by atoms with Crippen molar-refractivity contribution in [2.24, 2.45) is 22.7 Å². The van der Waals surface area contributed by atoms with Gasteiger partial charge in [0.05, 0.1) is 18.6 Å². The Kier molecular flexibility index (Phi) is 7.29. The maximum absolute atomic E-state index is 11.8. The Bertz CT molecular complexity index is 267. The molecule has 0 radical (unpaired) electrons. The number of carbonyl (C=O) groups is 1. The van der Waals surface area contributed by atoms with E-state index in [-0.39, 0.29) is 23.7 Å². The van der Waals surface area contributed by atoms with E-state index in [1.165, 1.54) is 0 Å². The van der Waals surface area contributed by atoms with Gasteiger partial charge in [-0.25, -0.2) is 0 Å². The Morgan fingerprint density at radius 3 is 2.47 bits per heavy atom. The lowest BCUT2D eigenvalue weighted by Crippen LogP contribution is -2.46. The molecule has 0 bridgehead atoms. The van der Waals surface area contributed by atoms with Crippen molar-refractivity contribution < 1.29 is 14.7 Å². The highest BCUT2D eigenvalue weighted by molar-refractivity contribution is 6.01. The lowest BCUT2D eigenvalue weighted by Gasteiger charge is -2.23. The number of amidine groups is 1.